The molecule has 3 nitrogen and oxygen atoms in total. The van der Waals surface area contributed by atoms with Gasteiger partial charge >= 0.3 is 0 Å². The molecule has 3 heteroatoms. The van der Waals surface area contributed by atoms with E-state index in [-0.39, 0.29) is 6.61 Å². The van der Waals surface area contributed by atoms with Crippen LogP contribution in [0.5, 0.6) is 0 Å². The summed E-state index contributed by atoms with van der Waals surface area (Å²) < 4.78 is 0. The molecule has 1 atom stereocenters. The number of hydrogen-bond acceptors (Lipinski definition) is 3. The van der Waals surface area contributed by atoms with Gasteiger partial charge in [0.1, 0.15) is 0 Å². The number of nitrogens with zero attached hydrogens (tertiary/aromatic N) is 1. The third-order valence-electron chi connectivity index (χ3n) is 1.93. The first kappa shape index (κ1) is 10.9. The smallest absolute Gasteiger partial charge is 0.0586 e. The molecule has 0 aliphatic heterocycles. The summed E-state index contributed by atoms with van der Waals surface area (Å²) in [4.78, 5) is 2.05. The van der Waals surface area contributed by atoms with Gasteiger partial charge in [0.05, 0.1) is 6.61 Å². The second kappa shape index (κ2) is 6.58. The standard InChI is InChI=1S/C8H20N2O/c1-10(2)8(7-11)5-3-4-6-9/h8,11H,3-7,9H2,1-2H3/t8-/m0/s1. The molecule has 0 unspecified atom stereocenters. The zero-order valence-electron chi connectivity index (χ0n) is 7.58. The number of nitrogens with two attached hydrogens (primary N) is 1. The van der Waals surface area contributed by atoms with E-state index in [0.29, 0.717) is 6.04 Å². The molecule has 0 spiro atoms. The Hall–Kier alpha value is -0.120. The highest BCUT2D eigenvalue weighted by atomic mass is 16.3. The molecule has 0 fully saturated rings. The molecule has 0 saturated carbocycles. The van der Waals surface area contributed by atoms with E-state index in [2.05, 4.69) is 4.90 Å². The summed E-state index contributed by atoms with van der Waals surface area (Å²) in [7, 11) is 3.98. The number of aliphatic hydroxyl groups excluding tert-OH is 1. The van der Waals surface area contributed by atoms with Crippen molar-refractivity contribution in [2.75, 3.05) is 27.2 Å². The second-order valence-electron chi connectivity index (χ2n) is 3.08. The highest BCUT2D eigenvalue weighted by Crippen LogP contribution is 2.03. The molecular formula is C8H20N2O. The lowest BCUT2D eigenvalue weighted by molar-refractivity contribution is 0.159. The van der Waals surface area contributed by atoms with E-state index >= 15 is 0 Å². The molecule has 3 N–H and O–H groups in total. The largest absolute Gasteiger partial charge is 0.395 e. The third kappa shape index (κ3) is 5.18. The lowest BCUT2D eigenvalue weighted by Gasteiger charge is -2.21. The van der Waals surface area contributed by atoms with Gasteiger partial charge in [-0.05, 0) is 33.5 Å². The molecule has 0 aliphatic carbocycles. The molecular weight excluding hydrogens is 140 g/mol. The second-order valence-corrected chi connectivity index (χ2v) is 3.08. The van der Waals surface area contributed by atoms with Crippen LogP contribution in [0, 0.1) is 0 Å². The summed E-state index contributed by atoms with van der Waals surface area (Å²) >= 11 is 0. The number of aliphatic hydroxyl groups is 1. The van der Waals surface area contributed by atoms with Gasteiger partial charge in [-0.3, -0.25) is 0 Å². The number of hydrogen-bond donors (Lipinski definition) is 2. The number of unbranched alkanes of at least 4 members (excludes halogenated alkanes) is 1. The van der Waals surface area contributed by atoms with Crippen LogP contribution in [0.2, 0.25) is 0 Å². The number of rotatable bonds is 6. The Morgan fingerprint density at radius 3 is 2.36 bits per heavy atom. The van der Waals surface area contributed by atoms with Gasteiger partial charge in [0, 0.05) is 6.04 Å². The predicted octanol–water partition coefficient (Wildman–Crippen LogP) is 0.0379. The minimum atomic E-state index is 0.248. The van der Waals surface area contributed by atoms with E-state index in [9.17, 15) is 0 Å². The van der Waals surface area contributed by atoms with Gasteiger partial charge in [-0.1, -0.05) is 6.42 Å². The van der Waals surface area contributed by atoms with Crippen molar-refractivity contribution in [3.05, 3.63) is 0 Å². The topological polar surface area (TPSA) is 49.5 Å². The van der Waals surface area contributed by atoms with Crippen LogP contribution < -0.4 is 5.73 Å². The van der Waals surface area contributed by atoms with Crippen molar-refractivity contribution in [3.63, 3.8) is 0 Å². The van der Waals surface area contributed by atoms with E-state index in [1.165, 1.54) is 0 Å². The molecule has 0 bridgehead atoms. The summed E-state index contributed by atoms with van der Waals surface area (Å²) in [5, 5.41) is 8.92. The maximum absolute atomic E-state index is 8.92. The Morgan fingerprint density at radius 2 is 2.00 bits per heavy atom. The van der Waals surface area contributed by atoms with Gasteiger partial charge in [-0.15, -0.1) is 0 Å². The zero-order valence-corrected chi connectivity index (χ0v) is 7.58. The van der Waals surface area contributed by atoms with E-state index in [1.807, 2.05) is 14.1 Å². The average Bonchev–Trinajstić information content (AvgIpc) is 1.97. The van der Waals surface area contributed by atoms with Crippen molar-refractivity contribution in [1.29, 1.82) is 0 Å². The molecule has 11 heavy (non-hydrogen) atoms. The fourth-order valence-electron chi connectivity index (χ4n) is 1.04. The SMILES string of the molecule is CN(C)[C@H](CO)CCCCN. The maximum atomic E-state index is 8.92. The summed E-state index contributed by atoms with van der Waals surface area (Å²) in [6, 6.07) is 0.307. The van der Waals surface area contributed by atoms with Crippen LogP contribution in [-0.2, 0) is 0 Å². The maximum Gasteiger partial charge on any atom is 0.0586 e. The van der Waals surface area contributed by atoms with E-state index in [0.717, 1.165) is 25.8 Å². The van der Waals surface area contributed by atoms with E-state index in [1.54, 1.807) is 0 Å². The van der Waals surface area contributed by atoms with Crippen LogP contribution >= 0.6 is 0 Å². The molecule has 68 valence electrons. The Bertz CT molecular complexity index is 86.2. The Morgan fingerprint density at radius 1 is 1.36 bits per heavy atom. The quantitative estimate of drug-likeness (QED) is 0.539. The normalized spacial score (nSPS) is 13.9. The van der Waals surface area contributed by atoms with Crippen molar-refractivity contribution in [1.82, 2.24) is 4.90 Å². The molecule has 0 radical (unpaired) electrons. The van der Waals surface area contributed by atoms with Crippen molar-refractivity contribution in [2.45, 2.75) is 25.3 Å². The summed E-state index contributed by atoms with van der Waals surface area (Å²) in [6.07, 6.45) is 3.21. The van der Waals surface area contributed by atoms with Crippen LogP contribution in [0.25, 0.3) is 0 Å². The molecule has 0 aromatic heterocycles. The molecule has 0 saturated heterocycles. The summed E-state index contributed by atoms with van der Waals surface area (Å²) in [5.41, 5.74) is 5.36. The number of likely N-dealkylation sites (N-methyl/N-ethyl adjacent to an activating group) is 1. The Labute approximate surface area is 69.2 Å². The third-order valence-corrected chi connectivity index (χ3v) is 1.93. The Kier molecular flexibility index (Phi) is 6.51. The predicted molar refractivity (Wildman–Crippen MR) is 47.5 cm³/mol. The van der Waals surface area contributed by atoms with Gasteiger partial charge in [-0.2, -0.15) is 0 Å². The van der Waals surface area contributed by atoms with Gasteiger partial charge in [0.2, 0.25) is 0 Å². The summed E-state index contributed by atoms with van der Waals surface area (Å²) in [5.74, 6) is 0. The monoisotopic (exact) mass is 160 g/mol. The van der Waals surface area contributed by atoms with Crippen LogP contribution in [0.1, 0.15) is 19.3 Å². The van der Waals surface area contributed by atoms with Gasteiger partial charge in [0.15, 0.2) is 0 Å². The van der Waals surface area contributed by atoms with Gasteiger partial charge in [0.25, 0.3) is 0 Å². The molecule has 0 aromatic rings. The molecule has 0 heterocycles. The minimum Gasteiger partial charge on any atom is -0.395 e. The summed E-state index contributed by atoms with van der Waals surface area (Å²) in [6.45, 7) is 1.00. The van der Waals surface area contributed by atoms with E-state index < -0.39 is 0 Å². The highest BCUT2D eigenvalue weighted by molar-refractivity contribution is 4.64. The first-order chi connectivity index (χ1) is 5.22. The molecule has 0 rings (SSSR count). The molecule has 0 aromatic carbocycles. The molecule has 0 amide bonds. The van der Waals surface area contributed by atoms with Crippen molar-refractivity contribution in [3.8, 4) is 0 Å². The fraction of sp³-hybridized carbons (Fsp3) is 1.00. The van der Waals surface area contributed by atoms with Crippen LogP contribution in [0.15, 0.2) is 0 Å². The van der Waals surface area contributed by atoms with Crippen LogP contribution in [-0.4, -0.2) is 43.3 Å². The van der Waals surface area contributed by atoms with Crippen LogP contribution in [0.3, 0.4) is 0 Å². The average molecular weight is 160 g/mol. The van der Waals surface area contributed by atoms with Crippen molar-refractivity contribution < 1.29 is 5.11 Å². The Balaban J connectivity index is 3.36. The first-order valence-electron chi connectivity index (χ1n) is 4.19. The minimum absolute atomic E-state index is 0.248. The highest BCUT2D eigenvalue weighted by Gasteiger charge is 2.07. The lowest BCUT2D eigenvalue weighted by Crippen LogP contribution is -2.31. The lowest BCUT2D eigenvalue weighted by atomic mass is 10.1. The van der Waals surface area contributed by atoms with E-state index in [4.69, 9.17) is 10.8 Å². The first-order valence-corrected chi connectivity index (χ1v) is 4.19. The van der Waals surface area contributed by atoms with Gasteiger partial charge in [-0.25, -0.2) is 0 Å². The van der Waals surface area contributed by atoms with Crippen molar-refractivity contribution in [2.24, 2.45) is 5.73 Å². The molecule has 0 aliphatic rings. The van der Waals surface area contributed by atoms with Crippen molar-refractivity contribution >= 4 is 0 Å². The fourth-order valence-corrected chi connectivity index (χ4v) is 1.04. The van der Waals surface area contributed by atoms with Crippen LogP contribution in [0.4, 0.5) is 0 Å². The van der Waals surface area contributed by atoms with Gasteiger partial charge < -0.3 is 15.7 Å². The zero-order chi connectivity index (χ0) is 8.69.